The van der Waals surface area contributed by atoms with Crippen LogP contribution >= 0.6 is 0 Å². The van der Waals surface area contributed by atoms with Gasteiger partial charge in [-0.05, 0) is 48.9 Å². The highest BCUT2D eigenvalue weighted by molar-refractivity contribution is 5.60. The number of nitrogens with one attached hydrogen (secondary N) is 1. The highest BCUT2D eigenvalue weighted by atomic mass is 16.5. The monoisotopic (exact) mass is 300 g/mol. The van der Waals surface area contributed by atoms with Gasteiger partial charge in [0.05, 0.1) is 12.8 Å². The topological polar surface area (TPSA) is 43.3 Å². The molecule has 1 aromatic heterocycles. The third-order valence-corrected chi connectivity index (χ3v) is 3.79. The molecule has 0 bridgehead atoms. The van der Waals surface area contributed by atoms with Crippen molar-refractivity contribution in [2.45, 2.75) is 26.3 Å². The van der Waals surface area contributed by atoms with Crippen LogP contribution in [0.3, 0.4) is 0 Å². The van der Waals surface area contributed by atoms with Crippen LogP contribution in [-0.4, -0.2) is 18.2 Å². The van der Waals surface area contributed by atoms with Gasteiger partial charge in [-0.15, -0.1) is 0 Å². The van der Waals surface area contributed by atoms with Gasteiger partial charge in [0.1, 0.15) is 5.75 Å². The van der Waals surface area contributed by atoms with Gasteiger partial charge in [-0.2, -0.15) is 0 Å². The van der Waals surface area contributed by atoms with E-state index in [1.807, 2.05) is 43.4 Å². The molecule has 4 nitrogen and oxygen atoms in total. The zero-order valence-electron chi connectivity index (χ0n) is 13.6. The molecule has 2 rings (SSSR count). The molecule has 118 valence electrons. The summed E-state index contributed by atoms with van der Waals surface area (Å²) in [4.78, 5) is 12.4. The lowest BCUT2D eigenvalue weighted by molar-refractivity contribution is 0.415. The first-order chi connectivity index (χ1) is 10.7. The van der Waals surface area contributed by atoms with Gasteiger partial charge in [-0.1, -0.05) is 19.4 Å². The highest BCUT2D eigenvalue weighted by Gasteiger charge is 2.07. The Kier molecular flexibility index (Phi) is 5.78. The first-order valence-corrected chi connectivity index (χ1v) is 7.71. The Morgan fingerprint density at radius 1 is 1.14 bits per heavy atom. The standard InChI is InChI=1S/C18H24N2O2/c1-4-5-12-19-13-15-8-11-17(20(2)18(15)21)14-6-9-16(22-3)10-7-14/h6-11,19H,4-5,12-13H2,1-3H3. The van der Waals surface area contributed by atoms with Crippen LogP contribution in [0, 0.1) is 0 Å². The Labute approximate surface area is 131 Å². The Morgan fingerprint density at radius 2 is 1.86 bits per heavy atom. The maximum Gasteiger partial charge on any atom is 0.255 e. The lowest BCUT2D eigenvalue weighted by atomic mass is 10.1. The normalized spacial score (nSPS) is 10.7. The molecule has 0 aliphatic rings. The van der Waals surface area contributed by atoms with Crippen molar-refractivity contribution in [3.05, 3.63) is 52.3 Å². The molecule has 0 atom stereocenters. The zero-order chi connectivity index (χ0) is 15.9. The molecular weight excluding hydrogens is 276 g/mol. The Bertz CT molecular complexity index is 660. The van der Waals surface area contributed by atoms with E-state index in [9.17, 15) is 4.79 Å². The number of aromatic nitrogens is 1. The Morgan fingerprint density at radius 3 is 2.50 bits per heavy atom. The molecule has 0 saturated carbocycles. The van der Waals surface area contributed by atoms with Gasteiger partial charge in [0.15, 0.2) is 0 Å². The van der Waals surface area contributed by atoms with E-state index in [0.29, 0.717) is 6.54 Å². The third kappa shape index (κ3) is 3.77. The largest absolute Gasteiger partial charge is 0.497 e. The fourth-order valence-electron chi connectivity index (χ4n) is 2.40. The molecule has 0 aliphatic heterocycles. The number of unbranched alkanes of at least 4 members (excludes halogenated alkanes) is 1. The van der Waals surface area contributed by atoms with Crippen molar-refractivity contribution in [2.24, 2.45) is 7.05 Å². The summed E-state index contributed by atoms with van der Waals surface area (Å²) in [6, 6.07) is 11.7. The van der Waals surface area contributed by atoms with Crippen LogP contribution in [0.25, 0.3) is 11.3 Å². The van der Waals surface area contributed by atoms with Gasteiger partial charge >= 0.3 is 0 Å². The molecule has 0 amide bonds. The average molecular weight is 300 g/mol. The maximum absolute atomic E-state index is 12.4. The first-order valence-electron chi connectivity index (χ1n) is 7.71. The van der Waals surface area contributed by atoms with Gasteiger partial charge in [-0.3, -0.25) is 4.79 Å². The Balaban J connectivity index is 2.20. The predicted octanol–water partition coefficient (Wildman–Crippen LogP) is 2.95. The summed E-state index contributed by atoms with van der Waals surface area (Å²) in [6.45, 7) is 3.72. The molecule has 1 N–H and O–H groups in total. The van der Waals surface area contributed by atoms with E-state index in [2.05, 4.69) is 12.2 Å². The van der Waals surface area contributed by atoms with E-state index < -0.39 is 0 Å². The van der Waals surface area contributed by atoms with Crippen molar-refractivity contribution in [3.8, 4) is 17.0 Å². The van der Waals surface area contributed by atoms with Crippen molar-refractivity contribution in [1.82, 2.24) is 9.88 Å². The molecule has 4 heteroatoms. The number of benzene rings is 1. The highest BCUT2D eigenvalue weighted by Crippen LogP contribution is 2.21. The van der Waals surface area contributed by atoms with Gasteiger partial charge in [-0.25, -0.2) is 0 Å². The minimum absolute atomic E-state index is 0.0531. The van der Waals surface area contributed by atoms with Gasteiger partial charge in [0.25, 0.3) is 5.56 Å². The molecule has 0 unspecified atom stereocenters. The fraction of sp³-hybridized carbons (Fsp3) is 0.389. The number of rotatable bonds is 7. The van der Waals surface area contributed by atoms with Crippen LogP contribution < -0.4 is 15.6 Å². The SMILES string of the molecule is CCCCNCc1ccc(-c2ccc(OC)cc2)n(C)c1=O. The lowest BCUT2D eigenvalue weighted by Gasteiger charge is -2.11. The van der Waals surface area contributed by atoms with Crippen LogP contribution in [0.2, 0.25) is 0 Å². The number of hydrogen-bond donors (Lipinski definition) is 1. The first kappa shape index (κ1) is 16.3. The molecule has 22 heavy (non-hydrogen) atoms. The summed E-state index contributed by atoms with van der Waals surface area (Å²) in [5.41, 5.74) is 2.77. The number of ether oxygens (including phenoxy) is 1. The third-order valence-electron chi connectivity index (χ3n) is 3.79. The summed E-state index contributed by atoms with van der Waals surface area (Å²) in [7, 11) is 3.46. The van der Waals surface area contributed by atoms with E-state index in [-0.39, 0.29) is 5.56 Å². The Hall–Kier alpha value is -2.07. The molecule has 2 aromatic rings. The molecule has 1 aromatic carbocycles. The zero-order valence-corrected chi connectivity index (χ0v) is 13.6. The molecule has 0 fully saturated rings. The van der Waals surface area contributed by atoms with Crippen LogP contribution in [0.1, 0.15) is 25.3 Å². The van der Waals surface area contributed by atoms with E-state index >= 15 is 0 Å². The van der Waals surface area contributed by atoms with Crippen LogP contribution in [-0.2, 0) is 13.6 Å². The quantitative estimate of drug-likeness (QED) is 0.800. The summed E-state index contributed by atoms with van der Waals surface area (Å²) in [5, 5.41) is 3.32. The molecule has 0 radical (unpaired) electrons. The van der Waals surface area contributed by atoms with E-state index in [1.54, 1.807) is 11.7 Å². The number of methoxy groups -OCH3 is 1. The van der Waals surface area contributed by atoms with Crippen molar-refractivity contribution in [2.75, 3.05) is 13.7 Å². The van der Waals surface area contributed by atoms with Crippen molar-refractivity contribution < 1.29 is 4.74 Å². The van der Waals surface area contributed by atoms with E-state index in [0.717, 1.165) is 42.0 Å². The number of pyridine rings is 1. The van der Waals surface area contributed by atoms with Crippen LogP contribution in [0.5, 0.6) is 5.75 Å². The molecule has 0 aliphatic carbocycles. The fourth-order valence-corrected chi connectivity index (χ4v) is 2.40. The lowest BCUT2D eigenvalue weighted by Crippen LogP contribution is -2.26. The molecule has 0 spiro atoms. The summed E-state index contributed by atoms with van der Waals surface area (Å²) < 4.78 is 6.87. The molecule has 1 heterocycles. The van der Waals surface area contributed by atoms with Crippen molar-refractivity contribution in [1.29, 1.82) is 0 Å². The number of hydrogen-bond acceptors (Lipinski definition) is 3. The van der Waals surface area contributed by atoms with Gasteiger partial charge in [0.2, 0.25) is 0 Å². The minimum atomic E-state index is 0.0531. The van der Waals surface area contributed by atoms with Gasteiger partial charge in [0, 0.05) is 19.2 Å². The second kappa shape index (κ2) is 7.80. The van der Waals surface area contributed by atoms with Crippen molar-refractivity contribution in [3.63, 3.8) is 0 Å². The summed E-state index contributed by atoms with van der Waals surface area (Å²) in [6.07, 6.45) is 2.28. The summed E-state index contributed by atoms with van der Waals surface area (Å²) in [5.74, 6) is 0.811. The van der Waals surface area contributed by atoms with E-state index in [4.69, 9.17) is 4.74 Å². The average Bonchev–Trinajstić information content (AvgIpc) is 2.55. The van der Waals surface area contributed by atoms with Gasteiger partial charge < -0.3 is 14.6 Å². The second-order valence-corrected chi connectivity index (χ2v) is 5.37. The minimum Gasteiger partial charge on any atom is -0.497 e. The van der Waals surface area contributed by atoms with Crippen molar-refractivity contribution >= 4 is 0 Å². The second-order valence-electron chi connectivity index (χ2n) is 5.37. The maximum atomic E-state index is 12.4. The molecular formula is C18H24N2O2. The smallest absolute Gasteiger partial charge is 0.255 e. The van der Waals surface area contributed by atoms with Crippen LogP contribution in [0.4, 0.5) is 0 Å². The predicted molar refractivity (Wildman–Crippen MR) is 90.3 cm³/mol. The summed E-state index contributed by atoms with van der Waals surface area (Å²) >= 11 is 0. The molecule has 0 saturated heterocycles. The number of nitrogens with zero attached hydrogens (tertiary/aromatic N) is 1. The van der Waals surface area contributed by atoms with E-state index in [1.165, 1.54) is 0 Å². The van der Waals surface area contributed by atoms with Crippen LogP contribution in [0.15, 0.2) is 41.2 Å².